The lowest BCUT2D eigenvalue weighted by Crippen LogP contribution is -2.08. The van der Waals surface area contributed by atoms with Gasteiger partial charge >= 0.3 is 0 Å². The van der Waals surface area contributed by atoms with Gasteiger partial charge in [0.2, 0.25) is 16.9 Å². The molecule has 41 heteroatoms. The number of methoxy groups -OCH3 is 1. The quantitative estimate of drug-likeness (QED) is 0.0136. The number of benzene rings is 5. The second kappa shape index (κ2) is 24.4. The molecule has 0 aliphatic rings. The maximum absolute atomic E-state index is 12.7. The first kappa shape index (κ1) is 65.2. The normalized spacial score (nSPS) is 13.1. The van der Waals surface area contributed by atoms with Gasteiger partial charge in [-0.1, -0.05) is 11.3 Å². The molecule has 0 spiro atoms. The van der Waals surface area contributed by atoms with E-state index in [-0.39, 0.29) is 96.0 Å². The van der Waals surface area contributed by atoms with Crippen LogP contribution in [-0.2, 0) is 65.5 Å². The number of carbonyl (C=O) groups is 1. The fraction of sp³-hybridized carbons (Fsp3) is 0.217. The summed E-state index contributed by atoms with van der Waals surface area (Å²) in [6, 6.07) is 10.9. The van der Waals surface area contributed by atoms with Gasteiger partial charge in [0, 0.05) is 34.2 Å². The second-order valence-electron chi connectivity index (χ2n) is 18.2. The maximum atomic E-state index is 12.7. The number of aryl methyl sites for hydroxylation is 1. The fourth-order valence-corrected chi connectivity index (χ4v) is 14.1. The van der Waals surface area contributed by atoms with Gasteiger partial charge in [-0.3, -0.25) is 36.5 Å². The molecule has 8 aromatic rings. The van der Waals surface area contributed by atoms with Crippen LogP contribution in [-0.4, -0.2) is 134 Å². The topological polar surface area (TPSA) is 522 Å². The van der Waals surface area contributed by atoms with Gasteiger partial charge in [0.05, 0.1) is 46.2 Å². The van der Waals surface area contributed by atoms with Crippen molar-refractivity contribution in [2.24, 2.45) is 30.7 Å². The number of rotatable bonds is 22. The lowest BCUT2D eigenvalue weighted by atomic mass is 10.1. The molecule has 0 fully saturated rings. The minimum atomic E-state index is -5.36. The molecule has 3 heterocycles. The number of hydrogen-bond donors (Lipinski definition) is 8. The van der Waals surface area contributed by atoms with Crippen LogP contribution in [0.5, 0.6) is 17.4 Å². The number of azo groups is 3. The monoisotopic (exact) mass is 1360 g/mol. The highest BCUT2D eigenvalue weighted by Gasteiger charge is 2.30. The van der Waals surface area contributed by atoms with Gasteiger partial charge < -0.3 is 19.9 Å². The van der Waals surface area contributed by atoms with Crippen LogP contribution in [0.25, 0.3) is 37.7 Å². The van der Waals surface area contributed by atoms with Crippen molar-refractivity contribution < 1.29 is 97.2 Å². The molecule has 0 atom stereocenters. The molecular weight excluding hydrogens is 1320 g/mol. The average Bonchev–Trinajstić information content (AvgIpc) is 1.67. The van der Waals surface area contributed by atoms with Crippen LogP contribution in [0, 0.1) is 25.2 Å². The van der Waals surface area contributed by atoms with Crippen LogP contribution < -0.4 is 14.8 Å². The first-order chi connectivity index (χ1) is 40.4. The molecule has 0 bridgehead atoms. The molecule has 460 valence electrons. The van der Waals surface area contributed by atoms with Crippen molar-refractivity contribution in [1.82, 2.24) is 14.4 Å². The number of thioether (sulfide) groups is 1. The van der Waals surface area contributed by atoms with Crippen molar-refractivity contribution >= 4 is 167 Å². The van der Waals surface area contributed by atoms with Crippen LogP contribution in [0.1, 0.15) is 36.5 Å². The van der Waals surface area contributed by atoms with Crippen LogP contribution in [0.15, 0.2) is 110 Å². The number of pyridine rings is 1. The first-order valence-electron chi connectivity index (χ1n) is 23.9. The van der Waals surface area contributed by atoms with Crippen LogP contribution in [0.2, 0.25) is 0 Å². The number of amides is 1. The summed E-state index contributed by atoms with van der Waals surface area (Å²) in [7, 11) is -28.5. The summed E-state index contributed by atoms with van der Waals surface area (Å²) in [6.07, 6.45) is -0.422. The summed E-state index contributed by atoms with van der Waals surface area (Å²) in [6.45, 7) is 3.61. The molecule has 87 heavy (non-hydrogen) atoms. The number of carbonyl (C=O) groups excluding carboxylic acids is 1. The number of imidazole rings is 1. The highest BCUT2D eigenvalue weighted by molar-refractivity contribution is 7.99. The third kappa shape index (κ3) is 14.6. The molecule has 0 aliphatic heterocycles. The largest absolute Gasteiger partial charge is 0.494 e. The van der Waals surface area contributed by atoms with Gasteiger partial charge in [-0.25, -0.2) is 9.97 Å². The first-order valence-corrected chi connectivity index (χ1v) is 34.6. The van der Waals surface area contributed by atoms with Crippen LogP contribution in [0.3, 0.4) is 0 Å². The van der Waals surface area contributed by atoms with Crippen LogP contribution >= 0.6 is 23.1 Å². The Kier molecular flexibility index (Phi) is 18.3. The number of nitrogens with one attached hydrogen (secondary N) is 1. The van der Waals surface area contributed by atoms with Crippen LogP contribution in [0.4, 0.5) is 39.3 Å². The standard InChI is InChI=1S/C46H41N11O22S8/c1-21-13-31(53-55-39-22(2)27(20-47)44-49-40-33(78-4)7-8-36(85(69,70)71)42(40)57(44)45(39)59)34(79-9-5-11-82(60,61)62)18-28(21)51-54-32-17-29(48-23(3)58)30(19-35(32)80-10-6-12-83(63,64)65)52-56-46-50-41-38(87(75,76)77)16-25-26(43(41)81-46)14-24(84(66,67)68)15-37(25)86(72,73)74/h7-8,13-19,59H,5-6,9-12H2,1-4H3,(H,48,58)(H,60,61,62)(H,63,64,65)(H,66,67,68)(H,69,70,71)(H,72,73,74)(H,75,76,77). The summed E-state index contributed by atoms with van der Waals surface area (Å²) in [5.41, 5.74) is -2.32. The van der Waals surface area contributed by atoms with E-state index < -0.39 is 143 Å². The molecule has 0 saturated heterocycles. The van der Waals surface area contributed by atoms with E-state index >= 15 is 0 Å². The number of aromatic hydroxyl groups is 1. The zero-order chi connectivity index (χ0) is 64.1. The minimum Gasteiger partial charge on any atom is -0.494 e. The predicted molar refractivity (Wildman–Crippen MR) is 309 cm³/mol. The lowest BCUT2D eigenvalue weighted by Gasteiger charge is -2.13. The summed E-state index contributed by atoms with van der Waals surface area (Å²) in [4.78, 5) is 17.3. The van der Waals surface area contributed by atoms with E-state index in [4.69, 9.17) is 9.47 Å². The molecule has 5 aromatic carbocycles. The zero-order valence-corrected chi connectivity index (χ0v) is 51.0. The van der Waals surface area contributed by atoms with Crippen molar-refractivity contribution in [3.05, 3.63) is 71.3 Å². The molecule has 3 aromatic heterocycles. The maximum Gasteiger partial charge on any atom is 0.296 e. The third-order valence-electron chi connectivity index (χ3n) is 12.1. The van der Waals surface area contributed by atoms with E-state index in [1.807, 2.05) is 6.07 Å². The van der Waals surface area contributed by atoms with Crippen molar-refractivity contribution in [1.29, 1.82) is 5.26 Å². The van der Waals surface area contributed by atoms with Gasteiger partial charge in [0.15, 0.2) is 11.3 Å². The molecule has 8 rings (SSSR count). The smallest absolute Gasteiger partial charge is 0.296 e. The summed E-state index contributed by atoms with van der Waals surface area (Å²) in [5, 5.41) is 48.6. The Bertz CT molecular complexity index is 5110. The number of ether oxygens (including phenoxy) is 2. The van der Waals surface area contributed by atoms with Gasteiger partial charge in [0.1, 0.15) is 71.4 Å². The van der Waals surface area contributed by atoms with E-state index in [1.54, 1.807) is 0 Å². The second-order valence-corrected chi connectivity index (χ2v) is 29.0. The summed E-state index contributed by atoms with van der Waals surface area (Å²) < 4.78 is 217. The van der Waals surface area contributed by atoms with E-state index in [2.05, 4.69) is 46.0 Å². The molecule has 1 amide bonds. The average molecular weight is 1360 g/mol. The van der Waals surface area contributed by atoms with E-state index in [0.29, 0.717) is 23.5 Å². The number of anilines is 1. The third-order valence-corrected chi connectivity index (χ3v) is 19.3. The Balaban J connectivity index is 1.25. The van der Waals surface area contributed by atoms with E-state index in [9.17, 15) is 93.0 Å². The molecule has 0 unspecified atom stereocenters. The van der Waals surface area contributed by atoms with Crippen molar-refractivity contribution in [2.45, 2.75) is 58.1 Å². The number of nitrogens with zero attached hydrogens (tertiary/aromatic N) is 10. The number of nitriles is 1. The Hall–Kier alpha value is -7.83. The SMILES string of the molecule is COc1ccc(S(=O)(=O)O)c2c1nc1c(C#N)c(C)c(N=Nc3cc(C)c(N=Nc4cc(NC(C)=O)c(N=Nc5nc6c(S(=O)(=O)O)cc7c(S(=O)(=O)O)cc(S(=O)(=O)O)cc7c6s5)cc4SCCCS(=O)(=O)O)cc3OCCCS(=O)(=O)O)c(O)n12. The Morgan fingerprint density at radius 2 is 1.32 bits per heavy atom. The molecule has 8 N–H and O–H groups in total. The Morgan fingerprint density at radius 1 is 0.690 bits per heavy atom. The summed E-state index contributed by atoms with van der Waals surface area (Å²) >= 11 is 1.40. The van der Waals surface area contributed by atoms with Gasteiger partial charge in [-0.2, -0.15) is 60.9 Å². The fourth-order valence-electron chi connectivity index (χ4n) is 8.33. The van der Waals surface area contributed by atoms with E-state index in [1.165, 1.54) is 51.3 Å². The number of fused-ring (bicyclic) bond motifs is 6. The zero-order valence-electron chi connectivity index (χ0n) is 44.4. The molecule has 0 saturated carbocycles. The Morgan fingerprint density at radius 3 is 1.93 bits per heavy atom. The number of thiazole rings is 1. The van der Waals surface area contributed by atoms with E-state index in [0.717, 1.165) is 35.2 Å². The Labute approximate surface area is 500 Å². The predicted octanol–water partition coefficient (Wildman–Crippen LogP) is 8.67. The molecule has 0 radical (unpaired) electrons. The number of hydrogen-bond acceptors (Lipinski definition) is 27. The lowest BCUT2D eigenvalue weighted by molar-refractivity contribution is -0.114. The highest BCUT2D eigenvalue weighted by Crippen LogP contribution is 2.46. The number of aromatic nitrogens is 3. The van der Waals surface area contributed by atoms with Gasteiger partial charge in [-0.15, -0.1) is 37.3 Å². The van der Waals surface area contributed by atoms with Crippen molar-refractivity contribution in [3.63, 3.8) is 0 Å². The van der Waals surface area contributed by atoms with Gasteiger partial charge in [-0.05, 0) is 86.5 Å². The molecule has 0 aliphatic carbocycles. The van der Waals surface area contributed by atoms with Gasteiger partial charge in [0.25, 0.3) is 60.7 Å². The highest BCUT2D eigenvalue weighted by atomic mass is 32.2. The summed E-state index contributed by atoms with van der Waals surface area (Å²) in [5.74, 6) is -3.15. The molecular formula is C46H41N11O22S8. The van der Waals surface area contributed by atoms with Crippen molar-refractivity contribution in [2.75, 3.05) is 36.3 Å². The molecule has 33 nitrogen and oxygen atoms in total. The van der Waals surface area contributed by atoms with Crippen molar-refractivity contribution in [3.8, 4) is 23.4 Å². The minimum absolute atomic E-state index is 0.00145.